The SMILES string of the molecule is CCc1cc(C(=O)N2CCCCCC2C)nc2cc(-c3ccc(CC(=O)Cc4cccc(F)c4)cc3)nn12. The molecule has 1 unspecified atom stereocenters. The summed E-state index contributed by atoms with van der Waals surface area (Å²) in [5.41, 5.74) is 5.31. The van der Waals surface area contributed by atoms with Crippen molar-refractivity contribution in [1.82, 2.24) is 19.5 Å². The molecule has 3 heterocycles. The highest BCUT2D eigenvalue weighted by atomic mass is 19.1. The van der Waals surface area contributed by atoms with Crippen molar-refractivity contribution in [3.8, 4) is 11.3 Å². The van der Waals surface area contributed by atoms with Gasteiger partial charge in [-0.1, -0.05) is 56.2 Å². The fourth-order valence-corrected chi connectivity index (χ4v) is 5.22. The Kier molecular flexibility index (Phi) is 7.63. The molecule has 7 heteroatoms. The van der Waals surface area contributed by atoms with E-state index in [2.05, 4.69) is 13.8 Å². The van der Waals surface area contributed by atoms with Crippen LogP contribution in [0.3, 0.4) is 0 Å². The lowest BCUT2D eigenvalue weighted by atomic mass is 10.0. The quantitative estimate of drug-likeness (QED) is 0.311. The summed E-state index contributed by atoms with van der Waals surface area (Å²) in [7, 11) is 0. The molecule has 1 amide bonds. The molecule has 5 rings (SSSR count). The number of amides is 1. The van der Waals surface area contributed by atoms with E-state index in [1.807, 2.05) is 45.8 Å². The average Bonchev–Trinajstić information content (AvgIpc) is 3.22. The number of likely N-dealkylation sites (tertiary alicyclic amines) is 1. The van der Waals surface area contributed by atoms with Crippen LogP contribution in [-0.2, 0) is 24.1 Å². The molecule has 0 bridgehead atoms. The molecule has 1 fully saturated rings. The van der Waals surface area contributed by atoms with Crippen LogP contribution in [0, 0.1) is 5.82 Å². The van der Waals surface area contributed by atoms with Crippen molar-refractivity contribution in [2.45, 2.75) is 64.8 Å². The predicted molar refractivity (Wildman–Crippen MR) is 146 cm³/mol. The van der Waals surface area contributed by atoms with Gasteiger partial charge in [0, 0.05) is 42.8 Å². The third-order valence-corrected chi connectivity index (χ3v) is 7.34. The van der Waals surface area contributed by atoms with Crippen LogP contribution in [0.4, 0.5) is 4.39 Å². The molecule has 38 heavy (non-hydrogen) atoms. The lowest BCUT2D eigenvalue weighted by molar-refractivity contribution is -0.117. The van der Waals surface area contributed by atoms with Crippen molar-refractivity contribution in [3.63, 3.8) is 0 Å². The largest absolute Gasteiger partial charge is 0.335 e. The van der Waals surface area contributed by atoms with Crippen LogP contribution in [0.2, 0.25) is 0 Å². The Balaban J connectivity index is 1.34. The molecule has 2 aromatic heterocycles. The second kappa shape index (κ2) is 11.3. The van der Waals surface area contributed by atoms with E-state index in [0.29, 0.717) is 16.9 Å². The van der Waals surface area contributed by atoms with E-state index in [0.717, 1.165) is 61.2 Å². The molecule has 6 nitrogen and oxygen atoms in total. The Bertz CT molecular complexity index is 1460. The number of fused-ring (bicyclic) bond motifs is 1. The van der Waals surface area contributed by atoms with E-state index in [9.17, 15) is 14.0 Å². The molecule has 4 aromatic rings. The van der Waals surface area contributed by atoms with Crippen LogP contribution in [0.15, 0.2) is 60.7 Å². The van der Waals surface area contributed by atoms with Crippen molar-refractivity contribution >= 4 is 17.3 Å². The smallest absolute Gasteiger partial charge is 0.272 e. The molecule has 1 aliphatic rings. The standard InChI is InChI=1S/C31H33FN4O2/c1-3-26-19-29(31(38)35-15-6-4-5-8-21(35)2)33-30-20-28(34-36(26)30)24-13-11-22(12-14-24)17-27(37)18-23-9-7-10-25(32)16-23/h7,9-14,16,19-21H,3-6,8,15,17-18H2,1-2H3. The molecule has 0 saturated carbocycles. The van der Waals surface area contributed by atoms with Gasteiger partial charge in [-0.2, -0.15) is 5.10 Å². The first-order valence-corrected chi connectivity index (χ1v) is 13.5. The number of hydrogen-bond acceptors (Lipinski definition) is 4. The first kappa shape index (κ1) is 25.8. The second-order valence-electron chi connectivity index (χ2n) is 10.2. The molecular weight excluding hydrogens is 479 g/mol. The maximum atomic E-state index is 13.4. The van der Waals surface area contributed by atoms with Gasteiger partial charge in [0.2, 0.25) is 0 Å². The number of ketones is 1. The second-order valence-corrected chi connectivity index (χ2v) is 10.2. The van der Waals surface area contributed by atoms with Crippen LogP contribution >= 0.6 is 0 Å². The van der Waals surface area contributed by atoms with E-state index < -0.39 is 0 Å². The highest BCUT2D eigenvalue weighted by Gasteiger charge is 2.25. The maximum absolute atomic E-state index is 13.4. The van der Waals surface area contributed by atoms with Gasteiger partial charge in [0.05, 0.1) is 5.69 Å². The number of benzene rings is 2. The third-order valence-electron chi connectivity index (χ3n) is 7.34. The van der Waals surface area contributed by atoms with Gasteiger partial charge in [-0.15, -0.1) is 0 Å². The summed E-state index contributed by atoms with van der Waals surface area (Å²) >= 11 is 0. The van der Waals surface area contributed by atoms with Crippen molar-refractivity contribution in [2.75, 3.05) is 6.54 Å². The summed E-state index contributed by atoms with van der Waals surface area (Å²) in [6, 6.07) is 17.9. The van der Waals surface area contributed by atoms with Gasteiger partial charge in [0.25, 0.3) is 5.91 Å². The van der Waals surface area contributed by atoms with E-state index in [-0.39, 0.29) is 36.4 Å². The van der Waals surface area contributed by atoms with E-state index >= 15 is 0 Å². The van der Waals surface area contributed by atoms with Crippen LogP contribution < -0.4 is 0 Å². The minimum absolute atomic E-state index is 0.00777. The molecule has 0 N–H and O–H groups in total. The predicted octanol–water partition coefficient (Wildman–Crippen LogP) is 5.86. The number of Topliss-reactive ketones (excluding diaryl/α,β-unsaturated/α-hetero) is 1. The number of nitrogens with zero attached hydrogens (tertiary/aromatic N) is 4. The minimum atomic E-state index is -0.333. The Morgan fingerprint density at radius 3 is 2.53 bits per heavy atom. The molecular formula is C31H33FN4O2. The number of carbonyl (C=O) groups is 2. The molecule has 196 valence electrons. The average molecular weight is 513 g/mol. The lowest BCUT2D eigenvalue weighted by Crippen LogP contribution is -2.38. The molecule has 1 atom stereocenters. The van der Waals surface area contributed by atoms with E-state index in [1.54, 1.807) is 12.1 Å². The van der Waals surface area contributed by atoms with Crippen LogP contribution in [-0.4, -0.2) is 43.8 Å². The zero-order valence-corrected chi connectivity index (χ0v) is 22.0. The van der Waals surface area contributed by atoms with Crippen molar-refractivity contribution < 1.29 is 14.0 Å². The number of aryl methyl sites for hydroxylation is 1. The van der Waals surface area contributed by atoms with Crippen LogP contribution in [0.5, 0.6) is 0 Å². The maximum Gasteiger partial charge on any atom is 0.272 e. The number of halogens is 1. The fourth-order valence-electron chi connectivity index (χ4n) is 5.22. The first-order valence-electron chi connectivity index (χ1n) is 13.5. The zero-order chi connectivity index (χ0) is 26.6. The molecule has 0 aliphatic carbocycles. The van der Waals surface area contributed by atoms with Gasteiger partial charge in [-0.05, 0) is 55.5 Å². The minimum Gasteiger partial charge on any atom is -0.335 e. The summed E-state index contributed by atoms with van der Waals surface area (Å²) < 4.78 is 15.2. The summed E-state index contributed by atoms with van der Waals surface area (Å²) in [6.07, 6.45) is 5.58. The molecule has 1 saturated heterocycles. The van der Waals surface area contributed by atoms with Gasteiger partial charge < -0.3 is 4.90 Å². The number of rotatable bonds is 7. The van der Waals surface area contributed by atoms with Crippen molar-refractivity contribution in [1.29, 1.82) is 0 Å². The Morgan fingerprint density at radius 1 is 0.974 bits per heavy atom. The molecule has 0 radical (unpaired) electrons. The van der Waals surface area contributed by atoms with Crippen molar-refractivity contribution in [3.05, 3.63) is 89.0 Å². The summed E-state index contributed by atoms with van der Waals surface area (Å²) in [6.45, 7) is 4.95. The number of aromatic nitrogens is 3. The Labute approximate surface area is 222 Å². The topological polar surface area (TPSA) is 67.6 Å². The zero-order valence-electron chi connectivity index (χ0n) is 22.0. The van der Waals surface area contributed by atoms with Gasteiger partial charge >= 0.3 is 0 Å². The normalized spacial score (nSPS) is 16.0. The summed E-state index contributed by atoms with van der Waals surface area (Å²) in [4.78, 5) is 32.6. The Hall–Kier alpha value is -3.87. The molecule has 0 spiro atoms. The van der Waals surface area contributed by atoms with E-state index in [1.165, 1.54) is 12.1 Å². The molecule has 1 aliphatic heterocycles. The first-order chi connectivity index (χ1) is 18.4. The lowest BCUT2D eigenvalue weighted by Gasteiger charge is -2.27. The third kappa shape index (κ3) is 5.67. The summed E-state index contributed by atoms with van der Waals surface area (Å²) in [5, 5.41) is 4.78. The van der Waals surface area contributed by atoms with Crippen molar-refractivity contribution in [2.24, 2.45) is 0 Å². The van der Waals surface area contributed by atoms with Gasteiger partial charge in [0.15, 0.2) is 5.65 Å². The van der Waals surface area contributed by atoms with Crippen LogP contribution in [0.1, 0.15) is 66.8 Å². The fraction of sp³-hybridized carbons (Fsp3) is 0.355. The number of hydrogen-bond donors (Lipinski definition) is 0. The van der Waals surface area contributed by atoms with E-state index in [4.69, 9.17) is 10.1 Å². The summed E-state index contributed by atoms with van der Waals surface area (Å²) in [5.74, 6) is -0.309. The highest BCUT2D eigenvalue weighted by molar-refractivity contribution is 5.93. The van der Waals surface area contributed by atoms with Gasteiger partial charge in [-0.25, -0.2) is 13.9 Å². The van der Waals surface area contributed by atoms with Crippen LogP contribution in [0.25, 0.3) is 16.9 Å². The Morgan fingerprint density at radius 2 is 1.76 bits per heavy atom. The number of carbonyl (C=O) groups excluding carboxylic acids is 2. The molecule has 2 aromatic carbocycles. The van der Waals surface area contributed by atoms with Gasteiger partial charge in [0.1, 0.15) is 17.3 Å². The highest BCUT2D eigenvalue weighted by Crippen LogP contribution is 2.23. The van der Waals surface area contributed by atoms with Gasteiger partial charge in [-0.3, -0.25) is 9.59 Å². The monoisotopic (exact) mass is 512 g/mol.